The van der Waals surface area contributed by atoms with Crippen LogP contribution in [-0.4, -0.2) is 43.0 Å². The lowest BCUT2D eigenvalue weighted by molar-refractivity contribution is -0.131. The van der Waals surface area contributed by atoms with Crippen LogP contribution in [0.4, 0.5) is 0 Å². The minimum Gasteiger partial charge on any atom is -0.496 e. The maximum absolute atomic E-state index is 12.4. The first-order valence-electron chi connectivity index (χ1n) is 7.47. The Bertz CT molecular complexity index is 554. The van der Waals surface area contributed by atoms with Gasteiger partial charge in [-0.15, -0.1) is 0 Å². The SMILES string of the molecule is CCC(=O)N1CCC(NC(=O)c2cc(Cl)ccc2OC)CC1. The summed E-state index contributed by atoms with van der Waals surface area (Å²) >= 11 is 5.95. The van der Waals surface area contributed by atoms with Gasteiger partial charge in [0.2, 0.25) is 5.91 Å². The van der Waals surface area contributed by atoms with Gasteiger partial charge < -0.3 is 15.0 Å². The molecule has 5 nitrogen and oxygen atoms in total. The fourth-order valence-electron chi connectivity index (χ4n) is 2.62. The number of hydrogen-bond acceptors (Lipinski definition) is 3. The van der Waals surface area contributed by atoms with Gasteiger partial charge in [0.15, 0.2) is 0 Å². The summed E-state index contributed by atoms with van der Waals surface area (Å²) in [7, 11) is 1.52. The summed E-state index contributed by atoms with van der Waals surface area (Å²) in [5, 5.41) is 3.49. The Morgan fingerprint density at radius 2 is 2.05 bits per heavy atom. The molecule has 0 radical (unpaired) electrons. The quantitative estimate of drug-likeness (QED) is 0.925. The highest BCUT2D eigenvalue weighted by molar-refractivity contribution is 6.31. The standard InChI is InChI=1S/C16H21ClN2O3/c1-3-15(20)19-8-6-12(7-9-19)18-16(21)13-10-11(17)4-5-14(13)22-2/h4-5,10,12H,3,6-9H2,1-2H3,(H,18,21). The number of nitrogens with one attached hydrogen (secondary N) is 1. The second kappa shape index (κ2) is 7.49. The van der Waals surface area contributed by atoms with E-state index in [1.165, 1.54) is 7.11 Å². The molecule has 1 N–H and O–H groups in total. The zero-order chi connectivity index (χ0) is 16.1. The fraction of sp³-hybridized carbons (Fsp3) is 0.500. The molecule has 0 unspecified atom stereocenters. The van der Waals surface area contributed by atoms with Crippen molar-refractivity contribution in [2.45, 2.75) is 32.2 Å². The molecular weight excluding hydrogens is 304 g/mol. The molecule has 0 atom stereocenters. The highest BCUT2D eigenvalue weighted by Gasteiger charge is 2.24. The molecule has 1 aromatic rings. The van der Waals surface area contributed by atoms with Crippen molar-refractivity contribution in [1.29, 1.82) is 0 Å². The largest absolute Gasteiger partial charge is 0.496 e. The molecule has 0 spiro atoms. The van der Waals surface area contributed by atoms with Gasteiger partial charge in [-0.25, -0.2) is 0 Å². The van der Waals surface area contributed by atoms with Crippen LogP contribution >= 0.6 is 11.6 Å². The first-order chi connectivity index (χ1) is 10.5. The van der Waals surface area contributed by atoms with E-state index in [4.69, 9.17) is 16.3 Å². The topological polar surface area (TPSA) is 58.6 Å². The molecule has 1 aromatic carbocycles. The predicted octanol–water partition coefficient (Wildman–Crippen LogP) is 2.48. The monoisotopic (exact) mass is 324 g/mol. The van der Waals surface area contributed by atoms with Crippen LogP contribution in [0.25, 0.3) is 0 Å². The molecule has 1 fully saturated rings. The van der Waals surface area contributed by atoms with Gasteiger partial charge in [-0.05, 0) is 31.0 Å². The molecule has 1 heterocycles. The summed E-state index contributed by atoms with van der Waals surface area (Å²) in [6.45, 7) is 3.23. The minimum atomic E-state index is -0.195. The zero-order valence-corrected chi connectivity index (χ0v) is 13.7. The average molecular weight is 325 g/mol. The molecule has 120 valence electrons. The Morgan fingerprint density at radius 3 is 2.64 bits per heavy atom. The molecule has 0 saturated carbocycles. The minimum absolute atomic E-state index is 0.0668. The van der Waals surface area contributed by atoms with Crippen molar-refractivity contribution < 1.29 is 14.3 Å². The van der Waals surface area contributed by atoms with Gasteiger partial charge in [0, 0.05) is 30.6 Å². The van der Waals surface area contributed by atoms with Gasteiger partial charge in [-0.3, -0.25) is 9.59 Å². The van der Waals surface area contributed by atoms with E-state index in [1.807, 2.05) is 11.8 Å². The predicted molar refractivity (Wildman–Crippen MR) is 85.4 cm³/mol. The van der Waals surface area contributed by atoms with E-state index < -0.39 is 0 Å². The van der Waals surface area contributed by atoms with E-state index in [2.05, 4.69) is 5.32 Å². The van der Waals surface area contributed by atoms with Gasteiger partial charge in [0.25, 0.3) is 5.91 Å². The maximum atomic E-state index is 12.4. The number of benzene rings is 1. The summed E-state index contributed by atoms with van der Waals surface area (Å²) in [4.78, 5) is 25.9. The van der Waals surface area contributed by atoms with E-state index in [0.717, 1.165) is 12.8 Å². The summed E-state index contributed by atoms with van der Waals surface area (Å²) in [5.41, 5.74) is 0.432. The Labute approximate surface area is 135 Å². The van der Waals surface area contributed by atoms with Crippen LogP contribution in [-0.2, 0) is 4.79 Å². The van der Waals surface area contributed by atoms with Crippen molar-refractivity contribution >= 4 is 23.4 Å². The number of carbonyl (C=O) groups excluding carboxylic acids is 2. The van der Waals surface area contributed by atoms with Crippen molar-refractivity contribution in [3.63, 3.8) is 0 Å². The Kier molecular flexibility index (Phi) is 5.66. The third-order valence-electron chi connectivity index (χ3n) is 3.89. The second-order valence-electron chi connectivity index (χ2n) is 5.33. The third-order valence-corrected chi connectivity index (χ3v) is 4.13. The molecule has 1 aliphatic heterocycles. The first-order valence-corrected chi connectivity index (χ1v) is 7.85. The molecule has 1 aliphatic rings. The van der Waals surface area contributed by atoms with Crippen molar-refractivity contribution in [3.8, 4) is 5.75 Å². The molecule has 6 heteroatoms. The molecule has 22 heavy (non-hydrogen) atoms. The number of likely N-dealkylation sites (tertiary alicyclic amines) is 1. The number of piperidine rings is 1. The van der Waals surface area contributed by atoms with Gasteiger partial charge >= 0.3 is 0 Å². The third kappa shape index (κ3) is 3.91. The highest BCUT2D eigenvalue weighted by atomic mass is 35.5. The van der Waals surface area contributed by atoms with Crippen LogP contribution in [0.5, 0.6) is 5.75 Å². The lowest BCUT2D eigenvalue weighted by Crippen LogP contribution is -2.46. The van der Waals surface area contributed by atoms with E-state index in [-0.39, 0.29) is 17.9 Å². The van der Waals surface area contributed by atoms with Crippen LogP contribution in [0.1, 0.15) is 36.5 Å². The molecule has 1 saturated heterocycles. The van der Waals surface area contributed by atoms with Crippen LogP contribution in [0.3, 0.4) is 0 Å². The summed E-state index contributed by atoms with van der Waals surface area (Å²) in [5.74, 6) is 0.474. The lowest BCUT2D eigenvalue weighted by Gasteiger charge is -2.32. The number of amides is 2. The molecule has 2 rings (SSSR count). The molecular formula is C16H21ClN2O3. The average Bonchev–Trinajstić information content (AvgIpc) is 2.54. The number of methoxy groups -OCH3 is 1. The molecule has 0 bridgehead atoms. The first kappa shape index (κ1) is 16.6. The van der Waals surface area contributed by atoms with Crippen LogP contribution in [0.2, 0.25) is 5.02 Å². The normalized spacial score (nSPS) is 15.5. The lowest BCUT2D eigenvalue weighted by atomic mass is 10.0. The van der Waals surface area contributed by atoms with Crippen molar-refractivity contribution in [2.75, 3.05) is 20.2 Å². The number of nitrogens with zero attached hydrogens (tertiary/aromatic N) is 1. The number of rotatable bonds is 4. The summed E-state index contributed by atoms with van der Waals surface area (Å²) in [6, 6.07) is 5.04. The van der Waals surface area contributed by atoms with E-state index in [0.29, 0.717) is 35.8 Å². The Balaban J connectivity index is 1.96. The Morgan fingerprint density at radius 1 is 1.36 bits per heavy atom. The highest BCUT2D eigenvalue weighted by Crippen LogP contribution is 2.23. The van der Waals surface area contributed by atoms with E-state index >= 15 is 0 Å². The zero-order valence-electron chi connectivity index (χ0n) is 12.9. The van der Waals surface area contributed by atoms with Gasteiger partial charge in [0.05, 0.1) is 12.7 Å². The summed E-state index contributed by atoms with van der Waals surface area (Å²) in [6.07, 6.45) is 2.05. The van der Waals surface area contributed by atoms with Crippen LogP contribution in [0, 0.1) is 0 Å². The molecule has 2 amide bonds. The number of hydrogen-bond donors (Lipinski definition) is 1. The van der Waals surface area contributed by atoms with Crippen LogP contribution in [0.15, 0.2) is 18.2 Å². The number of halogens is 1. The van der Waals surface area contributed by atoms with Crippen LogP contribution < -0.4 is 10.1 Å². The van der Waals surface area contributed by atoms with Gasteiger partial charge in [-0.2, -0.15) is 0 Å². The maximum Gasteiger partial charge on any atom is 0.255 e. The van der Waals surface area contributed by atoms with Gasteiger partial charge in [-0.1, -0.05) is 18.5 Å². The van der Waals surface area contributed by atoms with E-state index in [1.54, 1.807) is 18.2 Å². The smallest absolute Gasteiger partial charge is 0.255 e. The van der Waals surface area contributed by atoms with E-state index in [9.17, 15) is 9.59 Å². The number of ether oxygens (including phenoxy) is 1. The second-order valence-corrected chi connectivity index (χ2v) is 5.76. The van der Waals surface area contributed by atoms with Crippen molar-refractivity contribution in [2.24, 2.45) is 0 Å². The molecule has 0 aromatic heterocycles. The van der Waals surface area contributed by atoms with Crippen molar-refractivity contribution in [3.05, 3.63) is 28.8 Å². The summed E-state index contributed by atoms with van der Waals surface area (Å²) < 4.78 is 5.20. The number of carbonyl (C=O) groups is 2. The molecule has 0 aliphatic carbocycles. The van der Waals surface area contributed by atoms with Gasteiger partial charge in [0.1, 0.15) is 5.75 Å². The van der Waals surface area contributed by atoms with Crippen molar-refractivity contribution in [1.82, 2.24) is 10.2 Å². The Hall–Kier alpha value is -1.75. The fourth-order valence-corrected chi connectivity index (χ4v) is 2.79.